The Bertz CT molecular complexity index is 852. The van der Waals surface area contributed by atoms with Gasteiger partial charge in [0.05, 0.1) is 12.3 Å². The Balaban J connectivity index is 2.00. The van der Waals surface area contributed by atoms with Gasteiger partial charge in [-0.1, -0.05) is 24.3 Å². The number of rotatable bonds is 0. The number of carbonyl (C=O) groups is 1. The summed E-state index contributed by atoms with van der Waals surface area (Å²) in [6.45, 7) is -0.0166. The number of benzene rings is 2. The number of nitrogens with one attached hydrogen (secondary N) is 2. The van der Waals surface area contributed by atoms with Crippen molar-refractivity contribution in [3.63, 3.8) is 0 Å². The molecule has 0 atom stereocenters. The fourth-order valence-corrected chi connectivity index (χ4v) is 2.57. The third kappa shape index (κ3) is 4.17. The van der Waals surface area contributed by atoms with Crippen LogP contribution >= 0.6 is 0 Å². The van der Waals surface area contributed by atoms with Gasteiger partial charge in [-0.05, 0) is 36.2 Å². The zero-order valence-corrected chi connectivity index (χ0v) is 14.1. The molecule has 1 heterocycles. The van der Waals surface area contributed by atoms with Crippen LogP contribution in [0.25, 0.3) is 0 Å². The lowest BCUT2D eigenvalue weighted by Crippen LogP contribution is -2.40. The molecule has 0 saturated heterocycles. The van der Waals surface area contributed by atoms with Crippen molar-refractivity contribution in [2.45, 2.75) is 19.5 Å². The van der Waals surface area contributed by atoms with Gasteiger partial charge in [-0.25, -0.2) is 13.6 Å². The minimum absolute atomic E-state index is 0.0754. The molecule has 136 valence electrons. The summed E-state index contributed by atoms with van der Waals surface area (Å²) in [5.41, 5.74) is 2.95. The number of cyclic esters (lactones) is 1. The van der Waals surface area contributed by atoms with Crippen LogP contribution in [0.15, 0.2) is 42.5 Å². The van der Waals surface area contributed by atoms with Crippen LogP contribution in [-0.4, -0.2) is 30.9 Å². The number of amides is 1. The summed E-state index contributed by atoms with van der Waals surface area (Å²) >= 11 is 0. The van der Waals surface area contributed by atoms with E-state index in [9.17, 15) is 13.6 Å². The van der Waals surface area contributed by atoms with E-state index in [1.165, 1.54) is 0 Å². The number of hydrogen-bond acceptors (Lipinski definition) is 4. The predicted octanol–water partition coefficient (Wildman–Crippen LogP) is 3.67. The van der Waals surface area contributed by atoms with Crippen molar-refractivity contribution in [3.05, 3.63) is 64.7 Å². The van der Waals surface area contributed by atoms with Crippen molar-refractivity contribution in [1.82, 2.24) is 5.32 Å². The van der Waals surface area contributed by atoms with E-state index in [2.05, 4.69) is 0 Å². The molecule has 5 nitrogen and oxygen atoms in total. The Kier molecular flexibility index (Phi) is 4.88. The van der Waals surface area contributed by atoms with Crippen LogP contribution in [0, 0.1) is 12.3 Å². The minimum atomic E-state index is -3.25. The quantitative estimate of drug-likeness (QED) is 0.753. The molecule has 7 heteroatoms. The van der Waals surface area contributed by atoms with Crippen molar-refractivity contribution in [2.75, 3.05) is 13.2 Å². The first-order valence-corrected chi connectivity index (χ1v) is 8.04. The largest absolute Gasteiger partial charge is 0.487 e. The van der Waals surface area contributed by atoms with Crippen molar-refractivity contribution < 1.29 is 23.0 Å². The fraction of sp³-hybridized carbons (Fsp3) is 0.263. The summed E-state index contributed by atoms with van der Waals surface area (Å²) in [7, 11) is 0. The van der Waals surface area contributed by atoms with Gasteiger partial charge in [-0.2, -0.15) is 0 Å². The van der Waals surface area contributed by atoms with E-state index in [0.717, 1.165) is 5.56 Å². The molecule has 2 aromatic rings. The smallest absolute Gasteiger partial charge is 0.407 e. The third-order valence-corrected chi connectivity index (χ3v) is 4.01. The summed E-state index contributed by atoms with van der Waals surface area (Å²) in [5.74, 6) is -3.02. The molecule has 2 aromatic carbocycles. The maximum absolute atomic E-state index is 13.9. The zero-order valence-electron chi connectivity index (χ0n) is 14.1. The van der Waals surface area contributed by atoms with Crippen LogP contribution in [0.4, 0.5) is 13.6 Å². The first-order valence-electron chi connectivity index (χ1n) is 8.04. The molecule has 0 radical (unpaired) electrons. The van der Waals surface area contributed by atoms with Gasteiger partial charge in [0.25, 0.3) is 5.92 Å². The van der Waals surface area contributed by atoms with Gasteiger partial charge in [0.1, 0.15) is 12.4 Å². The third-order valence-electron chi connectivity index (χ3n) is 4.01. The summed E-state index contributed by atoms with van der Waals surface area (Å²) in [6, 6.07) is 11.9. The number of aryl methyl sites for hydroxylation is 1. The molecule has 2 N–H and O–H groups in total. The number of alkyl carbamates (subject to hydrolysis) is 1. The highest BCUT2D eigenvalue weighted by Crippen LogP contribution is 2.23. The van der Waals surface area contributed by atoms with Gasteiger partial charge in [0.15, 0.2) is 6.61 Å². The Morgan fingerprint density at radius 3 is 2.77 bits per heavy atom. The molecular formula is C19H18F2N2O3. The van der Waals surface area contributed by atoms with E-state index < -0.39 is 25.2 Å². The molecule has 0 aliphatic carbocycles. The molecular weight excluding hydrogens is 342 g/mol. The van der Waals surface area contributed by atoms with Crippen LogP contribution in [0.5, 0.6) is 5.75 Å². The molecule has 1 aliphatic rings. The van der Waals surface area contributed by atoms with Crippen LogP contribution in [0.2, 0.25) is 0 Å². The number of carbonyl (C=O) groups excluding carboxylic acids is 1. The number of hydrogen-bond donors (Lipinski definition) is 2. The predicted molar refractivity (Wildman–Crippen MR) is 92.2 cm³/mol. The van der Waals surface area contributed by atoms with Crippen LogP contribution < -0.4 is 10.1 Å². The topological polar surface area (TPSA) is 71.4 Å². The Morgan fingerprint density at radius 1 is 1.15 bits per heavy atom. The van der Waals surface area contributed by atoms with Crippen LogP contribution in [0.3, 0.4) is 0 Å². The average molecular weight is 360 g/mol. The van der Waals surface area contributed by atoms with Gasteiger partial charge >= 0.3 is 6.09 Å². The maximum atomic E-state index is 13.9. The van der Waals surface area contributed by atoms with Gasteiger partial charge in [-0.15, -0.1) is 0 Å². The molecule has 4 bridgehead atoms. The van der Waals surface area contributed by atoms with Crippen LogP contribution in [0.1, 0.15) is 22.3 Å². The summed E-state index contributed by atoms with van der Waals surface area (Å²) in [6.07, 6.45) is -0.934. The average Bonchev–Trinajstić information content (AvgIpc) is 2.63. The fourth-order valence-electron chi connectivity index (χ4n) is 2.57. The zero-order chi connectivity index (χ0) is 18.7. The molecule has 0 fully saturated rings. The standard InChI is InChI=1S/C19H18F2N2O3/c1-12-5-6-15-8-16(12)17(22)14-4-2-3-13(7-14)9-25-18(24)23-10-19(20,21)11-26-15/h2-8,22H,9-11H2,1H3,(H,23,24). The van der Waals surface area contributed by atoms with E-state index in [-0.39, 0.29) is 18.1 Å². The Hall–Kier alpha value is -2.96. The lowest BCUT2D eigenvalue weighted by molar-refractivity contribution is -0.0386. The number of fused-ring (bicyclic) bond motifs is 4. The highest BCUT2D eigenvalue weighted by molar-refractivity contribution is 6.12. The second kappa shape index (κ2) is 7.11. The Labute approximate surface area is 149 Å². The lowest BCUT2D eigenvalue weighted by Gasteiger charge is -2.18. The highest BCUT2D eigenvalue weighted by atomic mass is 19.3. The van der Waals surface area contributed by atoms with Crippen LogP contribution in [-0.2, 0) is 11.3 Å². The molecule has 0 spiro atoms. The summed E-state index contributed by atoms with van der Waals surface area (Å²) < 4.78 is 37.9. The van der Waals surface area contributed by atoms with Crippen molar-refractivity contribution in [3.8, 4) is 5.75 Å². The molecule has 0 saturated carbocycles. The summed E-state index contributed by atoms with van der Waals surface area (Å²) in [4.78, 5) is 11.6. The molecule has 0 unspecified atom stereocenters. The lowest BCUT2D eigenvalue weighted by atomic mass is 9.97. The van der Waals surface area contributed by atoms with Gasteiger partial charge in [0.2, 0.25) is 0 Å². The van der Waals surface area contributed by atoms with E-state index in [1.54, 1.807) is 42.5 Å². The summed E-state index contributed by atoms with van der Waals surface area (Å²) in [5, 5.41) is 10.5. The second-order valence-corrected chi connectivity index (χ2v) is 6.13. The van der Waals surface area contributed by atoms with E-state index in [4.69, 9.17) is 14.9 Å². The van der Waals surface area contributed by atoms with Gasteiger partial charge in [0, 0.05) is 11.1 Å². The number of ether oxygens (including phenoxy) is 2. The maximum Gasteiger partial charge on any atom is 0.407 e. The highest BCUT2D eigenvalue weighted by Gasteiger charge is 2.31. The van der Waals surface area contributed by atoms with E-state index in [0.29, 0.717) is 16.7 Å². The second-order valence-electron chi connectivity index (χ2n) is 6.13. The normalized spacial score (nSPS) is 17.2. The van der Waals surface area contributed by atoms with E-state index in [1.807, 2.05) is 12.2 Å². The first-order chi connectivity index (χ1) is 12.3. The molecule has 26 heavy (non-hydrogen) atoms. The number of halogens is 2. The molecule has 1 aliphatic heterocycles. The first kappa shape index (κ1) is 17.8. The monoisotopic (exact) mass is 360 g/mol. The SMILES string of the molecule is Cc1ccc2cc1C(=N)c1cccc(c1)COC(=O)NCC(F)(F)CO2. The molecule has 1 amide bonds. The number of alkyl halides is 2. The molecule has 3 rings (SSSR count). The van der Waals surface area contributed by atoms with E-state index >= 15 is 0 Å². The van der Waals surface area contributed by atoms with Crippen molar-refractivity contribution in [1.29, 1.82) is 5.41 Å². The van der Waals surface area contributed by atoms with Gasteiger partial charge in [-0.3, -0.25) is 5.41 Å². The van der Waals surface area contributed by atoms with Gasteiger partial charge < -0.3 is 14.8 Å². The molecule has 0 aromatic heterocycles. The minimum Gasteiger partial charge on any atom is -0.487 e. The van der Waals surface area contributed by atoms with Crippen molar-refractivity contribution >= 4 is 11.8 Å². The Morgan fingerprint density at radius 2 is 1.96 bits per heavy atom. The van der Waals surface area contributed by atoms with Crippen molar-refractivity contribution in [2.24, 2.45) is 0 Å².